The molecule has 2 N–H and O–H groups in total. The van der Waals surface area contributed by atoms with Gasteiger partial charge in [0, 0.05) is 0 Å². The first-order valence-electron chi connectivity index (χ1n) is 1.50. The summed E-state index contributed by atoms with van der Waals surface area (Å²) in [6, 6.07) is 0. The average molecular weight is 296 g/mol. The fourth-order valence-corrected chi connectivity index (χ4v) is 0. The van der Waals surface area contributed by atoms with Crippen LogP contribution in [-0.2, 0) is 9.13 Å². The molecule has 0 unspecified atom stereocenters. The standard InChI is InChI=1S/2K.Na.2H3O4P.H/c;;;2*1-5(2,3)4;/h;;;2*(H3,1,2,3,4);/q2*+1;;;;/p-2. The molecule has 0 saturated carbocycles. The van der Waals surface area contributed by atoms with Gasteiger partial charge in [0.25, 0.3) is 7.82 Å². The Morgan fingerprint density at radius 2 is 0.923 bits per heavy atom. The predicted octanol–water partition coefficient (Wildman–Crippen LogP) is -10.8. The zero-order valence-electron chi connectivity index (χ0n) is 8.24. The van der Waals surface area contributed by atoms with E-state index in [1.807, 2.05) is 0 Å². The van der Waals surface area contributed by atoms with Crippen molar-refractivity contribution in [3.8, 4) is 0 Å². The number of phosphoric acid groups is 2. The van der Waals surface area contributed by atoms with Gasteiger partial charge in [0.2, 0.25) is 0 Å². The molecule has 13 heteroatoms. The van der Waals surface area contributed by atoms with Crippen LogP contribution < -0.4 is 122 Å². The van der Waals surface area contributed by atoms with Gasteiger partial charge in [-0.2, -0.15) is 7.82 Å². The molecule has 13 heavy (non-hydrogen) atoms. The van der Waals surface area contributed by atoms with E-state index < -0.39 is 15.6 Å². The van der Waals surface area contributed by atoms with Crippen LogP contribution in [0.1, 0.15) is 2.85 Å². The Morgan fingerprint density at radius 1 is 0.923 bits per heavy atom. The third-order valence-electron chi connectivity index (χ3n) is 0. The molecule has 0 fully saturated rings. The number of hydrogen-bond acceptors (Lipinski definition) is 6. The van der Waals surface area contributed by atoms with E-state index in [0.717, 1.165) is 0 Å². The van der Waals surface area contributed by atoms with E-state index in [0.29, 0.717) is 0 Å². The van der Waals surface area contributed by atoms with E-state index in [-0.39, 0.29) is 135 Å². The van der Waals surface area contributed by atoms with Crippen molar-refractivity contribution in [3.63, 3.8) is 0 Å². The predicted molar refractivity (Wildman–Crippen MR) is 29.0 cm³/mol. The van der Waals surface area contributed by atoms with Crippen LogP contribution in [0.25, 0.3) is 0 Å². The zero-order chi connectivity index (χ0) is 9.00. The first-order valence-corrected chi connectivity index (χ1v) is 4.49. The van der Waals surface area contributed by atoms with Crippen LogP contribution in [0.15, 0.2) is 0 Å². The van der Waals surface area contributed by atoms with Gasteiger partial charge in [-0.3, -0.25) is 4.57 Å². The van der Waals surface area contributed by atoms with Crippen molar-refractivity contribution in [2.75, 3.05) is 0 Å². The molecule has 0 amide bonds. The van der Waals surface area contributed by atoms with E-state index in [2.05, 4.69) is 0 Å². The summed E-state index contributed by atoms with van der Waals surface area (Å²) in [7, 11) is -10.3. The number of rotatable bonds is 0. The second-order valence-corrected chi connectivity index (χ2v) is 2.81. The molecule has 0 saturated heterocycles. The van der Waals surface area contributed by atoms with E-state index >= 15 is 0 Å². The second-order valence-electron chi connectivity index (χ2n) is 0.938. The Hall–Kier alpha value is 4.49. The molecular weight excluding hydrogens is 291 g/mol. The maximum atomic E-state index is 8.77. The molecule has 0 rings (SSSR count). The Kier molecular flexibility index (Phi) is 34.1. The minimum absolute atomic E-state index is 0. The normalized spacial score (nSPS) is 9.08. The van der Waals surface area contributed by atoms with Gasteiger partial charge in [0.1, 0.15) is 0 Å². The van der Waals surface area contributed by atoms with Crippen LogP contribution in [0.2, 0.25) is 0 Å². The minimum atomic E-state index is -5.39. The average Bonchev–Trinajstić information content (AvgIpc) is 1.12. The fraction of sp³-hybridized carbons (Fsp3) is 0. The van der Waals surface area contributed by atoms with Gasteiger partial charge in [-0.05, 0) is 0 Å². The molecule has 0 radical (unpaired) electrons. The number of hydrogen-bond donors (Lipinski definition) is 2. The summed E-state index contributed by atoms with van der Waals surface area (Å²) in [6.45, 7) is 0. The van der Waals surface area contributed by atoms with Crippen LogP contribution in [0.4, 0.5) is 0 Å². The summed E-state index contributed by atoms with van der Waals surface area (Å²) < 4.78 is 17.3. The third kappa shape index (κ3) is 172. The van der Waals surface area contributed by atoms with Crippen LogP contribution in [0.3, 0.4) is 0 Å². The molecular formula is H5K2NaO8P2. The van der Waals surface area contributed by atoms with Crippen molar-refractivity contribution < 1.29 is 144 Å². The topological polar surface area (TPSA) is 167 Å². The first kappa shape index (κ1) is 30.5. The molecule has 0 aromatic rings. The van der Waals surface area contributed by atoms with Crippen molar-refractivity contribution in [2.24, 2.45) is 0 Å². The third-order valence-corrected chi connectivity index (χ3v) is 0. The van der Waals surface area contributed by atoms with Gasteiger partial charge < -0.3 is 33.9 Å². The zero-order valence-corrected chi connectivity index (χ0v) is 14.3. The monoisotopic (exact) mass is 296 g/mol. The van der Waals surface area contributed by atoms with Crippen molar-refractivity contribution in [1.29, 1.82) is 0 Å². The van der Waals surface area contributed by atoms with E-state index in [9.17, 15) is 0 Å². The molecule has 8 nitrogen and oxygen atoms in total. The summed E-state index contributed by atoms with van der Waals surface area (Å²) in [6.07, 6.45) is 0. The van der Waals surface area contributed by atoms with Crippen LogP contribution in [-0.4, -0.2) is 39.3 Å². The Balaban J connectivity index is -0.0000000128. The SMILES string of the molecule is O=P([O-])(O)O.O=P([O-])([O-])[O-].[H+].[H+].[K+].[K+].[NaH]. The molecule has 0 aromatic heterocycles. The van der Waals surface area contributed by atoms with E-state index in [4.69, 9.17) is 38.5 Å². The van der Waals surface area contributed by atoms with Crippen molar-refractivity contribution in [3.05, 3.63) is 0 Å². The molecule has 0 heterocycles. The quantitative estimate of drug-likeness (QED) is 0.328. The molecule has 0 spiro atoms. The van der Waals surface area contributed by atoms with E-state index in [1.54, 1.807) is 0 Å². The molecule has 0 aromatic carbocycles. The molecule has 0 aliphatic rings. The van der Waals surface area contributed by atoms with E-state index in [1.165, 1.54) is 0 Å². The summed E-state index contributed by atoms with van der Waals surface area (Å²) in [4.78, 5) is 48.6. The van der Waals surface area contributed by atoms with Crippen LogP contribution >= 0.6 is 15.6 Å². The molecule has 0 bridgehead atoms. The first-order chi connectivity index (χ1) is 4.00. The van der Waals surface area contributed by atoms with Gasteiger partial charge in [-0.15, -0.1) is 0 Å². The summed E-state index contributed by atoms with van der Waals surface area (Å²) >= 11 is 0. The van der Waals surface area contributed by atoms with Crippen LogP contribution in [0, 0.1) is 0 Å². The molecule has 0 atom stereocenters. The van der Waals surface area contributed by atoms with Gasteiger partial charge in [-0.25, -0.2) is 0 Å². The van der Waals surface area contributed by atoms with Crippen molar-refractivity contribution in [2.45, 2.75) is 0 Å². The molecule has 0 aliphatic carbocycles. The Bertz CT molecular complexity index is 141. The Morgan fingerprint density at radius 3 is 0.923 bits per heavy atom. The van der Waals surface area contributed by atoms with Gasteiger partial charge in [0.05, 0.1) is 0 Å². The van der Waals surface area contributed by atoms with Crippen LogP contribution in [0.5, 0.6) is 0 Å². The summed E-state index contributed by atoms with van der Waals surface area (Å²) in [5.74, 6) is 0. The van der Waals surface area contributed by atoms with Crippen molar-refractivity contribution >= 4 is 45.2 Å². The molecule has 66 valence electrons. The molecule has 0 aliphatic heterocycles. The van der Waals surface area contributed by atoms with Gasteiger partial charge in [0.15, 0.2) is 0 Å². The second kappa shape index (κ2) is 14.6. The summed E-state index contributed by atoms with van der Waals surface area (Å²) in [5.41, 5.74) is 0. The van der Waals surface area contributed by atoms with Gasteiger partial charge >= 0.3 is 135 Å². The Labute approximate surface area is 184 Å². The fourth-order valence-electron chi connectivity index (χ4n) is 0. The van der Waals surface area contributed by atoms with Crippen molar-refractivity contribution in [1.82, 2.24) is 0 Å². The maximum absolute atomic E-state index is 8.77. The van der Waals surface area contributed by atoms with Gasteiger partial charge in [-0.1, -0.05) is 0 Å². The summed E-state index contributed by atoms with van der Waals surface area (Å²) in [5, 5.41) is 0.